The highest BCUT2D eigenvalue weighted by Crippen LogP contribution is 2.30. The van der Waals surface area contributed by atoms with Crippen molar-refractivity contribution in [1.82, 2.24) is 4.31 Å². The van der Waals surface area contributed by atoms with Gasteiger partial charge in [-0.2, -0.15) is 4.31 Å². The molecule has 0 radical (unpaired) electrons. The smallest absolute Gasteiger partial charge is 0.245 e. The van der Waals surface area contributed by atoms with E-state index < -0.39 is 10.0 Å². The zero-order chi connectivity index (χ0) is 13.3. The third kappa shape index (κ3) is 2.24. The number of anilines is 1. The van der Waals surface area contributed by atoms with Gasteiger partial charge in [-0.05, 0) is 43.9 Å². The number of rotatable bonds is 3. The van der Waals surface area contributed by atoms with Gasteiger partial charge in [0.1, 0.15) is 4.90 Å². The van der Waals surface area contributed by atoms with Crippen LogP contribution in [-0.2, 0) is 10.0 Å². The standard InChI is InChI=1S/C13H20N2O2S/c1-3-11-5-4-8-15(11)18(16,17)13-7-6-10(2)9-12(13)14/h6-7,9,11H,3-5,8,14H2,1-2H3. The molecule has 1 atom stereocenters. The maximum absolute atomic E-state index is 12.6. The summed E-state index contributed by atoms with van der Waals surface area (Å²) in [5.74, 6) is 0. The number of sulfonamides is 1. The van der Waals surface area contributed by atoms with Crippen LogP contribution in [0.15, 0.2) is 23.1 Å². The van der Waals surface area contributed by atoms with E-state index in [9.17, 15) is 8.42 Å². The Kier molecular flexibility index (Phi) is 3.64. The number of nitrogens with zero attached hydrogens (tertiary/aromatic N) is 1. The highest BCUT2D eigenvalue weighted by Gasteiger charge is 2.35. The molecule has 1 aliphatic rings. The van der Waals surface area contributed by atoms with Gasteiger partial charge >= 0.3 is 0 Å². The van der Waals surface area contributed by atoms with E-state index in [0.29, 0.717) is 12.2 Å². The van der Waals surface area contributed by atoms with Crippen molar-refractivity contribution in [2.45, 2.75) is 44.0 Å². The van der Waals surface area contributed by atoms with E-state index in [1.165, 1.54) is 0 Å². The quantitative estimate of drug-likeness (QED) is 0.854. The van der Waals surface area contributed by atoms with Gasteiger partial charge in [0.2, 0.25) is 10.0 Å². The predicted molar refractivity (Wildman–Crippen MR) is 72.8 cm³/mol. The van der Waals surface area contributed by atoms with Crippen LogP contribution in [0.1, 0.15) is 31.7 Å². The maximum Gasteiger partial charge on any atom is 0.245 e. The van der Waals surface area contributed by atoms with E-state index in [2.05, 4.69) is 0 Å². The van der Waals surface area contributed by atoms with Crippen molar-refractivity contribution in [1.29, 1.82) is 0 Å². The summed E-state index contributed by atoms with van der Waals surface area (Å²) in [5, 5.41) is 0. The van der Waals surface area contributed by atoms with Gasteiger partial charge in [-0.25, -0.2) is 8.42 Å². The number of benzene rings is 1. The van der Waals surface area contributed by atoms with Gasteiger partial charge in [-0.15, -0.1) is 0 Å². The Morgan fingerprint density at radius 3 is 2.78 bits per heavy atom. The third-order valence-electron chi connectivity index (χ3n) is 3.55. The van der Waals surface area contributed by atoms with Crippen LogP contribution in [0.5, 0.6) is 0 Å². The zero-order valence-electron chi connectivity index (χ0n) is 10.9. The van der Waals surface area contributed by atoms with E-state index in [1.54, 1.807) is 22.5 Å². The van der Waals surface area contributed by atoms with E-state index in [1.807, 2.05) is 13.8 Å². The van der Waals surface area contributed by atoms with Crippen LogP contribution >= 0.6 is 0 Å². The molecule has 4 nitrogen and oxygen atoms in total. The highest BCUT2D eigenvalue weighted by molar-refractivity contribution is 7.89. The molecular weight excluding hydrogens is 248 g/mol. The van der Waals surface area contributed by atoms with Crippen molar-refractivity contribution in [2.75, 3.05) is 12.3 Å². The number of nitrogen functional groups attached to an aromatic ring is 1. The number of aryl methyl sites for hydroxylation is 1. The van der Waals surface area contributed by atoms with Crippen molar-refractivity contribution in [3.63, 3.8) is 0 Å². The van der Waals surface area contributed by atoms with Crippen molar-refractivity contribution in [3.8, 4) is 0 Å². The summed E-state index contributed by atoms with van der Waals surface area (Å²) < 4.78 is 26.8. The lowest BCUT2D eigenvalue weighted by Gasteiger charge is -2.23. The van der Waals surface area contributed by atoms with Gasteiger partial charge in [0, 0.05) is 12.6 Å². The van der Waals surface area contributed by atoms with Gasteiger partial charge in [-0.1, -0.05) is 13.0 Å². The summed E-state index contributed by atoms with van der Waals surface area (Å²) in [6, 6.07) is 5.24. The Labute approximate surface area is 109 Å². The fourth-order valence-electron chi connectivity index (χ4n) is 2.56. The molecule has 18 heavy (non-hydrogen) atoms. The normalized spacial score (nSPS) is 21.3. The number of hydrogen-bond donors (Lipinski definition) is 1. The van der Waals surface area contributed by atoms with Crippen molar-refractivity contribution < 1.29 is 8.42 Å². The van der Waals surface area contributed by atoms with E-state index in [-0.39, 0.29) is 10.9 Å². The fraction of sp³-hybridized carbons (Fsp3) is 0.538. The average molecular weight is 268 g/mol. The molecule has 1 aromatic rings. The Morgan fingerprint density at radius 2 is 2.17 bits per heavy atom. The minimum atomic E-state index is -3.44. The third-order valence-corrected chi connectivity index (χ3v) is 5.57. The summed E-state index contributed by atoms with van der Waals surface area (Å²) in [7, 11) is -3.44. The van der Waals surface area contributed by atoms with Crippen molar-refractivity contribution >= 4 is 15.7 Å². The van der Waals surface area contributed by atoms with Gasteiger partial charge in [-0.3, -0.25) is 0 Å². The van der Waals surface area contributed by atoms with Gasteiger partial charge in [0.25, 0.3) is 0 Å². The molecule has 0 aromatic heterocycles. The summed E-state index contributed by atoms with van der Waals surface area (Å²) in [4.78, 5) is 0.244. The molecule has 1 aliphatic heterocycles. The molecule has 0 saturated carbocycles. The van der Waals surface area contributed by atoms with Crippen molar-refractivity contribution in [3.05, 3.63) is 23.8 Å². The summed E-state index contributed by atoms with van der Waals surface area (Å²) in [5.41, 5.74) is 7.17. The van der Waals surface area contributed by atoms with E-state index in [4.69, 9.17) is 5.73 Å². The Bertz CT molecular complexity index is 540. The Morgan fingerprint density at radius 1 is 1.44 bits per heavy atom. The second kappa shape index (κ2) is 4.90. The second-order valence-corrected chi connectivity index (χ2v) is 6.72. The first-order chi connectivity index (χ1) is 8.46. The van der Waals surface area contributed by atoms with Crippen LogP contribution in [-0.4, -0.2) is 25.3 Å². The van der Waals surface area contributed by atoms with Crippen LogP contribution in [0.25, 0.3) is 0 Å². The van der Waals surface area contributed by atoms with Gasteiger partial charge in [0.15, 0.2) is 0 Å². The molecule has 5 heteroatoms. The zero-order valence-corrected chi connectivity index (χ0v) is 11.7. The summed E-state index contributed by atoms with van der Waals surface area (Å²) in [6.45, 7) is 4.53. The van der Waals surface area contributed by atoms with Crippen LogP contribution in [0.4, 0.5) is 5.69 Å². The highest BCUT2D eigenvalue weighted by atomic mass is 32.2. The SMILES string of the molecule is CCC1CCCN1S(=O)(=O)c1ccc(C)cc1N. The van der Waals surface area contributed by atoms with Crippen molar-refractivity contribution in [2.24, 2.45) is 0 Å². The lowest BCUT2D eigenvalue weighted by atomic mass is 10.2. The van der Waals surface area contributed by atoms with Gasteiger partial charge < -0.3 is 5.73 Å². The van der Waals surface area contributed by atoms with Crippen LogP contribution in [0.2, 0.25) is 0 Å². The second-order valence-electron chi connectivity index (χ2n) is 4.86. The minimum Gasteiger partial charge on any atom is -0.398 e. The molecule has 0 spiro atoms. The summed E-state index contributed by atoms with van der Waals surface area (Å²) in [6.07, 6.45) is 2.73. The molecule has 1 unspecified atom stereocenters. The lowest BCUT2D eigenvalue weighted by molar-refractivity contribution is 0.380. The molecule has 2 N–H and O–H groups in total. The monoisotopic (exact) mass is 268 g/mol. The molecule has 1 heterocycles. The van der Waals surface area contributed by atoms with E-state index >= 15 is 0 Å². The van der Waals surface area contributed by atoms with Crippen LogP contribution in [0, 0.1) is 6.92 Å². The molecule has 0 aliphatic carbocycles. The molecule has 0 bridgehead atoms. The predicted octanol–water partition coefficient (Wildman–Crippen LogP) is 2.14. The summed E-state index contributed by atoms with van der Waals surface area (Å²) >= 11 is 0. The first kappa shape index (κ1) is 13.4. The van der Waals surface area contributed by atoms with Crippen LogP contribution in [0.3, 0.4) is 0 Å². The molecule has 100 valence electrons. The van der Waals surface area contributed by atoms with Gasteiger partial charge in [0.05, 0.1) is 5.69 Å². The molecular formula is C13H20N2O2S. The topological polar surface area (TPSA) is 63.4 Å². The maximum atomic E-state index is 12.6. The Balaban J connectivity index is 2.42. The molecule has 2 rings (SSSR count). The van der Waals surface area contributed by atoms with Crippen LogP contribution < -0.4 is 5.73 Å². The number of hydrogen-bond acceptors (Lipinski definition) is 3. The minimum absolute atomic E-state index is 0.121. The molecule has 0 amide bonds. The average Bonchev–Trinajstić information content (AvgIpc) is 2.76. The first-order valence-corrected chi connectivity index (χ1v) is 7.78. The molecule has 1 fully saturated rings. The molecule has 1 aromatic carbocycles. The number of nitrogens with two attached hydrogens (primary N) is 1. The Hall–Kier alpha value is -1.07. The largest absolute Gasteiger partial charge is 0.398 e. The van der Waals surface area contributed by atoms with E-state index in [0.717, 1.165) is 24.8 Å². The molecule has 1 saturated heterocycles. The first-order valence-electron chi connectivity index (χ1n) is 6.34. The lowest BCUT2D eigenvalue weighted by Crippen LogP contribution is -2.35. The fourth-order valence-corrected chi connectivity index (χ4v) is 4.43.